The van der Waals surface area contributed by atoms with Crippen molar-refractivity contribution in [1.82, 2.24) is 9.80 Å². The highest BCUT2D eigenvalue weighted by molar-refractivity contribution is 6.44. The van der Waals surface area contributed by atoms with Crippen molar-refractivity contribution in [1.29, 1.82) is 0 Å². The summed E-state index contributed by atoms with van der Waals surface area (Å²) in [7, 11) is 0. The number of hydrogen-bond donors (Lipinski definition) is 0. The summed E-state index contributed by atoms with van der Waals surface area (Å²) in [6, 6.07) is 5.22. The largest absolute Gasteiger partial charge is 0.334 e. The first kappa shape index (κ1) is 14.0. The fraction of sp³-hybridized carbons (Fsp3) is 0.267. The molecule has 0 N–H and O–H groups in total. The molecule has 104 valence electrons. The van der Waals surface area contributed by atoms with E-state index >= 15 is 0 Å². The van der Waals surface area contributed by atoms with Gasteiger partial charge in [-0.2, -0.15) is 0 Å². The lowest BCUT2D eigenvalue weighted by molar-refractivity contribution is -0.143. The van der Waals surface area contributed by atoms with E-state index in [1.807, 2.05) is 32.0 Å². The van der Waals surface area contributed by atoms with Crippen LogP contribution in [-0.2, 0) is 16.1 Å². The fourth-order valence-corrected chi connectivity index (χ4v) is 2.12. The van der Waals surface area contributed by atoms with Crippen molar-refractivity contribution in [2.24, 2.45) is 0 Å². The van der Waals surface area contributed by atoms with Crippen molar-refractivity contribution < 1.29 is 14.4 Å². The van der Waals surface area contributed by atoms with Crippen LogP contribution in [0.4, 0.5) is 4.79 Å². The lowest BCUT2D eigenvalue weighted by Gasteiger charge is -2.16. The summed E-state index contributed by atoms with van der Waals surface area (Å²) in [5.74, 6) is -1.57. The monoisotopic (exact) mass is 272 g/mol. The number of carbonyl (C=O) groups excluding carboxylic acids is 3. The van der Waals surface area contributed by atoms with Crippen LogP contribution >= 0.6 is 0 Å². The number of carbonyl (C=O) groups is 3. The van der Waals surface area contributed by atoms with Crippen LogP contribution in [0.3, 0.4) is 0 Å². The van der Waals surface area contributed by atoms with Crippen LogP contribution < -0.4 is 0 Å². The van der Waals surface area contributed by atoms with Gasteiger partial charge in [0.2, 0.25) is 0 Å². The third-order valence-corrected chi connectivity index (χ3v) is 3.28. The van der Waals surface area contributed by atoms with E-state index in [9.17, 15) is 14.4 Å². The van der Waals surface area contributed by atoms with E-state index < -0.39 is 17.8 Å². The van der Waals surface area contributed by atoms with Crippen molar-refractivity contribution >= 4 is 17.8 Å². The Morgan fingerprint density at radius 1 is 1.10 bits per heavy atom. The van der Waals surface area contributed by atoms with Crippen molar-refractivity contribution in [3.05, 3.63) is 47.5 Å². The zero-order valence-corrected chi connectivity index (χ0v) is 11.5. The standard InChI is InChI=1S/C15H16N2O3/c1-4-7-16-13(18)14(19)17(15(16)20)9-12-8-10(2)5-6-11(12)3/h4-6,8H,1,7,9H2,2-3H3. The second-order valence-electron chi connectivity index (χ2n) is 4.81. The molecule has 2 rings (SSSR count). The van der Waals surface area contributed by atoms with E-state index in [0.29, 0.717) is 0 Å². The maximum atomic E-state index is 12.1. The normalized spacial score (nSPS) is 15.2. The zero-order chi connectivity index (χ0) is 14.9. The molecule has 0 atom stereocenters. The van der Waals surface area contributed by atoms with Gasteiger partial charge < -0.3 is 0 Å². The number of aryl methyl sites for hydroxylation is 2. The summed E-state index contributed by atoms with van der Waals surface area (Å²) >= 11 is 0. The van der Waals surface area contributed by atoms with Crippen LogP contribution in [0.2, 0.25) is 0 Å². The maximum absolute atomic E-state index is 12.1. The number of amides is 4. The Morgan fingerprint density at radius 3 is 2.40 bits per heavy atom. The molecule has 1 aromatic carbocycles. The Kier molecular flexibility index (Phi) is 3.70. The molecule has 0 aliphatic carbocycles. The Hall–Kier alpha value is -2.43. The first-order chi connectivity index (χ1) is 9.45. The number of hydrogen-bond acceptors (Lipinski definition) is 3. The van der Waals surface area contributed by atoms with E-state index in [-0.39, 0.29) is 13.1 Å². The Balaban J connectivity index is 2.27. The van der Waals surface area contributed by atoms with Crippen LogP contribution in [0.5, 0.6) is 0 Å². The lowest BCUT2D eigenvalue weighted by Crippen LogP contribution is -2.33. The third kappa shape index (κ3) is 2.34. The molecule has 1 heterocycles. The molecule has 0 bridgehead atoms. The number of rotatable bonds is 4. The smallest absolute Gasteiger partial charge is 0.263 e. The average Bonchev–Trinajstić information content (AvgIpc) is 2.61. The molecule has 0 aromatic heterocycles. The fourth-order valence-electron chi connectivity index (χ4n) is 2.12. The molecule has 20 heavy (non-hydrogen) atoms. The molecule has 0 radical (unpaired) electrons. The molecule has 0 spiro atoms. The van der Waals surface area contributed by atoms with Crippen LogP contribution in [-0.4, -0.2) is 34.2 Å². The summed E-state index contributed by atoms with van der Waals surface area (Å²) in [4.78, 5) is 37.6. The minimum Gasteiger partial charge on any atom is -0.263 e. The molecule has 5 nitrogen and oxygen atoms in total. The molecule has 5 heteroatoms. The molecule has 1 aliphatic rings. The van der Waals surface area contributed by atoms with E-state index in [1.54, 1.807) is 0 Å². The molecule has 1 aliphatic heterocycles. The number of nitrogens with zero attached hydrogens (tertiary/aromatic N) is 2. The number of imide groups is 2. The molecule has 1 fully saturated rings. The number of urea groups is 1. The highest BCUT2D eigenvalue weighted by Gasteiger charge is 2.43. The topological polar surface area (TPSA) is 57.7 Å². The highest BCUT2D eigenvalue weighted by atomic mass is 16.2. The molecule has 4 amide bonds. The number of benzene rings is 1. The average molecular weight is 272 g/mol. The first-order valence-corrected chi connectivity index (χ1v) is 6.30. The van der Waals surface area contributed by atoms with Gasteiger partial charge in [0.15, 0.2) is 0 Å². The van der Waals surface area contributed by atoms with Crippen LogP contribution in [0.15, 0.2) is 30.9 Å². The molecule has 1 saturated heterocycles. The van der Waals surface area contributed by atoms with Gasteiger partial charge in [0.1, 0.15) is 0 Å². The summed E-state index contributed by atoms with van der Waals surface area (Å²) < 4.78 is 0. The molecule has 0 saturated carbocycles. The van der Waals surface area contributed by atoms with Gasteiger partial charge in [0, 0.05) is 6.54 Å². The van der Waals surface area contributed by atoms with Crippen LogP contribution in [0.1, 0.15) is 16.7 Å². The van der Waals surface area contributed by atoms with Gasteiger partial charge in [-0.15, -0.1) is 6.58 Å². The zero-order valence-electron chi connectivity index (χ0n) is 11.5. The van der Waals surface area contributed by atoms with E-state index in [2.05, 4.69) is 6.58 Å². The van der Waals surface area contributed by atoms with E-state index in [1.165, 1.54) is 6.08 Å². The summed E-state index contributed by atoms with van der Waals surface area (Å²) in [6.07, 6.45) is 1.42. The van der Waals surface area contributed by atoms with Crippen LogP contribution in [0, 0.1) is 13.8 Å². The first-order valence-electron chi connectivity index (χ1n) is 6.30. The van der Waals surface area contributed by atoms with Gasteiger partial charge in [0.05, 0.1) is 6.54 Å². The van der Waals surface area contributed by atoms with Gasteiger partial charge in [-0.3, -0.25) is 19.4 Å². The van der Waals surface area contributed by atoms with Crippen molar-refractivity contribution in [3.63, 3.8) is 0 Å². The molecule has 1 aromatic rings. The summed E-state index contributed by atoms with van der Waals surface area (Å²) in [5.41, 5.74) is 2.88. The maximum Gasteiger partial charge on any atom is 0.334 e. The minimum atomic E-state index is -0.791. The van der Waals surface area contributed by atoms with E-state index in [4.69, 9.17) is 0 Å². The second-order valence-corrected chi connectivity index (χ2v) is 4.81. The summed E-state index contributed by atoms with van der Waals surface area (Å²) in [6.45, 7) is 7.48. The van der Waals surface area contributed by atoms with Gasteiger partial charge in [-0.05, 0) is 25.0 Å². The Bertz CT molecular complexity index is 607. The van der Waals surface area contributed by atoms with Gasteiger partial charge in [-0.25, -0.2) is 4.79 Å². The van der Waals surface area contributed by atoms with E-state index in [0.717, 1.165) is 26.5 Å². The predicted octanol–water partition coefficient (Wildman–Crippen LogP) is 1.78. The van der Waals surface area contributed by atoms with Crippen molar-refractivity contribution in [2.75, 3.05) is 6.54 Å². The highest BCUT2D eigenvalue weighted by Crippen LogP contribution is 2.19. The predicted molar refractivity (Wildman–Crippen MR) is 73.8 cm³/mol. The molecular weight excluding hydrogens is 256 g/mol. The minimum absolute atomic E-state index is 0.0483. The van der Waals surface area contributed by atoms with Gasteiger partial charge in [0.25, 0.3) is 0 Å². The molecule has 0 unspecified atom stereocenters. The van der Waals surface area contributed by atoms with Gasteiger partial charge in [-0.1, -0.05) is 29.8 Å². The van der Waals surface area contributed by atoms with Gasteiger partial charge >= 0.3 is 17.8 Å². The Morgan fingerprint density at radius 2 is 1.75 bits per heavy atom. The quantitative estimate of drug-likeness (QED) is 0.477. The Labute approximate surface area is 117 Å². The van der Waals surface area contributed by atoms with Crippen molar-refractivity contribution in [3.8, 4) is 0 Å². The second kappa shape index (κ2) is 5.28. The van der Waals surface area contributed by atoms with Crippen LogP contribution in [0.25, 0.3) is 0 Å². The molecular formula is C15H16N2O3. The SMILES string of the molecule is C=CCN1C(=O)C(=O)N(Cc2cc(C)ccc2C)C1=O. The summed E-state index contributed by atoms with van der Waals surface area (Å²) in [5, 5.41) is 0. The van der Waals surface area contributed by atoms with Crippen molar-refractivity contribution in [2.45, 2.75) is 20.4 Å². The lowest BCUT2D eigenvalue weighted by atomic mass is 10.1. The third-order valence-electron chi connectivity index (χ3n) is 3.28.